The number of rotatable bonds is 5. The number of anilines is 2. The van der Waals surface area contributed by atoms with Crippen molar-refractivity contribution < 1.29 is 18.7 Å². The van der Waals surface area contributed by atoms with Crippen LogP contribution in [0, 0.1) is 5.82 Å². The van der Waals surface area contributed by atoms with Gasteiger partial charge in [0.2, 0.25) is 5.91 Å². The molecule has 3 amide bonds. The molecule has 1 aliphatic rings. The van der Waals surface area contributed by atoms with Crippen LogP contribution in [0.2, 0.25) is 0 Å². The Kier molecular flexibility index (Phi) is 7.95. The number of halogens is 2. The lowest BCUT2D eigenvalue weighted by Gasteiger charge is -2.31. The fraction of sp³-hybridized carbons (Fsp3) is 0.300. The van der Waals surface area contributed by atoms with Crippen LogP contribution >= 0.6 is 12.4 Å². The van der Waals surface area contributed by atoms with Crippen molar-refractivity contribution in [1.29, 1.82) is 0 Å². The topological polar surface area (TPSA) is 96.7 Å². The summed E-state index contributed by atoms with van der Waals surface area (Å²) < 4.78 is 18.7. The summed E-state index contributed by atoms with van der Waals surface area (Å²) in [6, 6.07) is 10.2. The normalized spacial score (nSPS) is 13.7. The molecule has 0 saturated heterocycles. The molecule has 1 heterocycles. The standard InChI is InChI=1S/C20H23FN4O3.ClH/c1-28-12-16(22)19(26)25-10-9-14-13(11-25)5-4-8-17(14)23-20(27)24-18-7-3-2-6-15(18)21;/h2-8,16H,9-12,22H2,1H3,(H2,23,24,27);1H. The first kappa shape index (κ1) is 22.6. The molecule has 9 heteroatoms. The molecule has 0 bridgehead atoms. The summed E-state index contributed by atoms with van der Waals surface area (Å²) in [4.78, 5) is 26.4. The number of nitrogens with zero attached hydrogens (tertiary/aromatic N) is 1. The zero-order valence-corrected chi connectivity index (χ0v) is 16.8. The molecular formula is C20H24ClFN4O3. The van der Waals surface area contributed by atoms with E-state index in [1.807, 2.05) is 6.07 Å². The van der Waals surface area contributed by atoms with Crippen LogP contribution in [0.25, 0.3) is 0 Å². The molecule has 0 fully saturated rings. The Bertz CT molecular complexity index is 881. The largest absolute Gasteiger partial charge is 0.383 e. The molecule has 0 saturated carbocycles. The van der Waals surface area contributed by atoms with Crippen molar-refractivity contribution in [2.75, 3.05) is 30.9 Å². The second-order valence-corrected chi connectivity index (χ2v) is 6.57. The molecule has 1 unspecified atom stereocenters. The minimum absolute atomic E-state index is 0. The van der Waals surface area contributed by atoms with Gasteiger partial charge >= 0.3 is 6.03 Å². The smallest absolute Gasteiger partial charge is 0.323 e. The van der Waals surface area contributed by atoms with Gasteiger partial charge in [0.25, 0.3) is 0 Å². The van der Waals surface area contributed by atoms with E-state index in [4.69, 9.17) is 10.5 Å². The summed E-state index contributed by atoms with van der Waals surface area (Å²) in [5.41, 5.74) is 8.48. The lowest BCUT2D eigenvalue weighted by Crippen LogP contribution is -2.47. The molecule has 1 aliphatic heterocycles. The molecule has 0 aliphatic carbocycles. The van der Waals surface area contributed by atoms with Gasteiger partial charge in [-0.25, -0.2) is 9.18 Å². The number of hydrogen-bond donors (Lipinski definition) is 3. The number of nitrogens with one attached hydrogen (secondary N) is 2. The van der Waals surface area contributed by atoms with E-state index in [9.17, 15) is 14.0 Å². The zero-order valence-electron chi connectivity index (χ0n) is 16.0. The summed E-state index contributed by atoms with van der Waals surface area (Å²) in [7, 11) is 1.50. The van der Waals surface area contributed by atoms with Crippen molar-refractivity contribution in [2.45, 2.75) is 19.0 Å². The second-order valence-electron chi connectivity index (χ2n) is 6.57. The fourth-order valence-corrected chi connectivity index (χ4v) is 3.24. The maximum atomic E-state index is 13.7. The Morgan fingerprint density at radius 3 is 2.59 bits per heavy atom. The van der Waals surface area contributed by atoms with Gasteiger partial charge in [-0.1, -0.05) is 24.3 Å². The van der Waals surface area contributed by atoms with E-state index in [-0.39, 0.29) is 30.6 Å². The number of nitrogens with two attached hydrogens (primary N) is 1. The Morgan fingerprint density at radius 2 is 1.86 bits per heavy atom. The number of methoxy groups -OCH3 is 1. The molecular weight excluding hydrogens is 399 g/mol. The minimum atomic E-state index is -0.695. The predicted molar refractivity (Wildman–Crippen MR) is 112 cm³/mol. The van der Waals surface area contributed by atoms with Crippen LogP contribution < -0.4 is 16.4 Å². The predicted octanol–water partition coefficient (Wildman–Crippen LogP) is 2.75. The summed E-state index contributed by atoms with van der Waals surface area (Å²) in [6.07, 6.45) is 0.580. The summed E-state index contributed by atoms with van der Waals surface area (Å²) in [6.45, 7) is 1.08. The molecule has 1 atom stereocenters. The molecule has 0 aromatic heterocycles. The average molecular weight is 423 g/mol. The van der Waals surface area contributed by atoms with Crippen LogP contribution in [0.3, 0.4) is 0 Å². The molecule has 0 spiro atoms. The van der Waals surface area contributed by atoms with E-state index in [2.05, 4.69) is 10.6 Å². The minimum Gasteiger partial charge on any atom is -0.383 e. The Labute approximate surface area is 174 Å². The lowest BCUT2D eigenvalue weighted by atomic mass is 9.97. The maximum absolute atomic E-state index is 13.7. The monoisotopic (exact) mass is 422 g/mol. The van der Waals surface area contributed by atoms with Crippen molar-refractivity contribution in [1.82, 2.24) is 4.90 Å². The van der Waals surface area contributed by atoms with Crippen molar-refractivity contribution in [3.63, 3.8) is 0 Å². The van der Waals surface area contributed by atoms with E-state index in [0.717, 1.165) is 11.1 Å². The number of hydrogen-bond acceptors (Lipinski definition) is 4. The summed E-state index contributed by atoms with van der Waals surface area (Å²) in [5.74, 6) is -0.669. The van der Waals surface area contributed by atoms with E-state index >= 15 is 0 Å². The average Bonchev–Trinajstić information content (AvgIpc) is 2.69. The van der Waals surface area contributed by atoms with E-state index < -0.39 is 17.9 Å². The third-order valence-corrected chi connectivity index (χ3v) is 4.61. The van der Waals surface area contributed by atoms with Gasteiger partial charge in [0.05, 0.1) is 12.3 Å². The van der Waals surface area contributed by atoms with Crippen molar-refractivity contribution in [3.8, 4) is 0 Å². The van der Waals surface area contributed by atoms with Crippen LogP contribution in [0.5, 0.6) is 0 Å². The number of carbonyl (C=O) groups is 2. The lowest BCUT2D eigenvalue weighted by molar-refractivity contribution is -0.134. The van der Waals surface area contributed by atoms with Gasteiger partial charge in [0.1, 0.15) is 11.9 Å². The first-order valence-electron chi connectivity index (χ1n) is 8.96. The van der Waals surface area contributed by atoms with E-state index in [0.29, 0.717) is 25.2 Å². The van der Waals surface area contributed by atoms with Crippen molar-refractivity contribution in [2.24, 2.45) is 5.73 Å². The number of benzene rings is 2. The second kappa shape index (κ2) is 10.2. The first-order chi connectivity index (χ1) is 13.5. The number of fused-ring (bicyclic) bond motifs is 1. The molecule has 29 heavy (non-hydrogen) atoms. The van der Waals surface area contributed by atoms with Crippen LogP contribution in [0.4, 0.5) is 20.6 Å². The Morgan fingerprint density at radius 1 is 1.17 bits per heavy atom. The van der Waals surface area contributed by atoms with Crippen molar-refractivity contribution >= 4 is 35.7 Å². The van der Waals surface area contributed by atoms with Crippen LogP contribution in [-0.4, -0.2) is 43.1 Å². The third kappa shape index (κ3) is 5.44. The summed E-state index contributed by atoms with van der Waals surface area (Å²) in [5, 5.41) is 5.27. The number of urea groups is 1. The van der Waals surface area contributed by atoms with Gasteiger partial charge in [-0.15, -0.1) is 12.4 Å². The summed E-state index contributed by atoms with van der Waals surface area (Å²) >= 11 is 0. The quantitative estimate of drug-likeness (QED) is 0.690. The highest BCUT2D eigenvalue weighted by atomic mass is 35.5. The number of para-hydroxylation sites is 1. The SMILES string of the molecule is COCC(N)C(=O)N1CCc2c(cccc2NC(=O)Nc2ccccc2F)C1.Cl. The first-order valence-corrected chi connectivity index (χ1v) is 8.96. The third-order valence-electron chi connectivity index (χ3n) is 4.61. The van der Waals surface area contributed by atoms with Gasteiger partial charge in [-0.05, 0) is 35.7 Å². The number of carbonyl (C=O) groups excluding carboxylic acids is 2. The van der Waals surface area contributed by atoms with E-state index in [1.165, 1.54) is 19.2 Å². The number of amides is 3. The van der Waals surface area contributed by atoms with E-state index in [1.54, 1.807) is 29.2 Å². The van der Waals surface area contributed by atoms with Gasteiger partial charge in [0.15, 0.2) is 0 Å². The highest BCUT2D eigenvalue weighted by Gasteiger charge is 2.26. The van der Waals surface area contributed by atoms with Crippen LogP contribution in [-0.2, 0) is 22.5 Å². The molecule has 0 radical (unpaired) electrons. The van der Waals surface area contributed by atoms with Crippen molar-refractivity contribution in [3.05, 3.63) is 59.4 Å². The van der Waals surface area contributed by atoms with Gasteiger partial charge < -0.3 is 26.0 Å². The van der Waals surface area contributed by atoms with Crippen LogP contribution in [0.15, 0.2) is 42.5 Å². The molecule has 2 aromatic rings. The highest BCUT2D eigenvalue weighted by molar-refractivity contribution is 6.00. The van der Waals surface area contributed by atoms with Gasteiger partial charge in [-0.3, -0.25) is 4.79 Å². The zero-order chi connectivity index (χ0) is 20.1. The molecule has 4 N–H and O–H groups in total. The van der Waals surface area contributed by atoms with Crippen LogP contribution in [0.1, 0.15) is 11.1 Å². The highest BCUT2D eigenvalue weighted by Crippen LogP contribution is 2.27. The molecule has 3 rings (SSSR count). The maximum Gasteiger partial charge on any atom is 0.323 e. The molecule has 7 nitrogen and oxygen atoms in total. The number of ether oxygens (including phenoxy) is 1. The molecule has 2 aromatic carbocycles. The fourth-order valence-electron chi connectivity index (χ4n) is 3.24. The molecule has 156 valence electrons. The van der Waals surface area contributed by atoms with Gasteiger partial charge in [-0.2, -0.15) is 0 Å². The Hall–Kier alpha value is -2.68. The Balaban J connectivity index is 0.00000300. The van der Waals surface area contributed by atoms with Gasteiger partial charge in [0, 0.05) is 25.9 Å².